The van der Waals surface area contributed by atoms with Crippen LogP contribution in [0.25, 0.3) is 11.0 Å². The summed E-state index contributed by atoms with van der Waals surface area (Å²) in [5, 5.41) is 0. The second kappa shape index (κ2) is 4.56. The van der Waals surface area contributed by atoms with E-state index in [1.54, 1.807) is 0 Å². The van der Waals surface area contributed by atoms with Crippen molar-refractivity contribution in [3.63, 3.8) is 0 Å². The zero-order chi connectivity index (χ0) is 14.4. The van der Waals surface area contributed by atoms with Gasteiger partial charge in [0.25, 0.3) is 5.91 Å². The summed E-state index contributed by atoms with van der Waals surface area (Å²) >= 11 is 0. The van der Waals surface area contributed by atoms with Crippen LogP contribution in [0.4, 0.5) is 0 Å². The standard InChI is InChI=1S/C16H19N3O2/c1-16(11-2-3-11)10-21-9-8-19(16)15(20)14-5-4-12-13(18-14)6-7-17-12/h4-7,11,17H,2-3,8-10H2,1H3. The highest BCUT2D eigenvalue weighted by Crippen LogP contribution is 2.44. The Balaban J connectivity index is 1.68. The maximum Gasteiger partial charge on any atom is 0.273 e. The summed E-state index contributed by atoms with van der Waals surface area (Å²) in [5.41, 5.74) is 2.14. The van der Waals surface area contributed by atoms with Crippen molar-refractivity contribution in [1.82, 2.24) is 14.9 Å². The predicted octanol–water partition coefficient (Wildman–Crippen LogP) is 2.20. The van der Waals surface area contributed by atoms with Crippen molar-refractivity contribution in [3.05, 3.63) is 30.1 Å². The molecule has 110 valence electrons. The zero-order valence-electron chi connectivity index (χ0n) is 12.1. The maximum atomic E-state index is 12.9. The Kier molecular flexibility index (Phi) is 2.79. The third-order valence-corrected chi connectivity index (χ3v) is 4.80. The molecule has 1 saturated carbocycles. The number of carbonyl (C=O) groups excluding carboxylic acids is 1. The molecular weight excluding hydrogens is 266 g/mol. The number of morpholine rings is 1. The van der Waals surface area contributed by atoms with Crippen LogP contribution < -0.4 is 0 Å². The molecule has 4 rings (SSSR count). The quantitative estimate of drug-likeness (QED) is 0.920. The topological polar surface area (TPSA) is 58.2 Å². The summed E-state index contributed by atoms with van der Waals surface area (Å²) in [6.45, 7) is 4.05. The molecule has 1 N–H and O–H groups in total. The van der Waals surface area contributed by atoms with E-state index in [-0.39, 0.29) is 11.4 Å². The number of ether oxygens (including phenoxy) is 1. The minimum absolute atomic E-state index is 0.0239. The van der Waals surface area contributed by atoms with Crippen LogP contribution in [0.2, 0.25) is 0 Å². The van der Waals surface area contributed by atoms with Crippen molar-refractivity contribution in [1.29, 1.82) is 0 Å². The number of fused-ring (bicyclic) bond motifs is 1. The van der Waals surface area contributed by atoms with Gasteiger partial charge in [0.15, 0.2) is 0 Å². The van der Waals surface area contributed by atoms with Gasteiger partial charge >= 0.3 is 0 Å². The molecular formula is C16H19N3O2. The fourth-order valence-electron chi connectivity index (χ4n) is 3.34. The highest BCUT2D eigenvalue weighted by Gasteiger charge is 2.49. The first-order valence-electron chi connectivity index (χ1n) is 7.52. The molecule has 0 radical (unpaired) electrons. The van der Waals surface area contributed by atoms with Gasteiger partial charge in [-0.05, 0) is 43.9 Å². The fraction of sp³-hybridized carbons (Fsp3) is 0.500. The molecule has 1 unspecified atom stereocenters. The molecule has 1 aliphatic carbocycles. The lowest BCUT2D eigenvalue weighted by molar-refractivity contribution is -0.0549. The third-order valence-electron chi connectivity index (χ3n) is 4.80. The number of carbonyl (C=O) groups is 1. The summed E-state index contributed by atoms with van der Waals surface area (Å²) < 4.78 is 5.64. The van der Waals surface area contributed by atoms with Crippen molar-refractivity contribution >= 4 is 16.9 Å². The number of nitrogens with one attached hydrogen (secondary N) is 1. The highest BCUT2D eigenvalue weighted by atomic mass is 16.5. The number of nitrogens with zero attached hydrogens (tertiary/aromatic N) is 2. The van der Waals surface area contributed by atoms with Crippen molar-refractivity contribution in [2.45, 2.75) is 25.3 Å². The smallest absolute Gasteiger partial charge is 0.273 e. The molecule has 2 aliphatic rings. The largest absolute Gasteiger partial charge is 0.377 e. The van der Waals surface area contributed by atoms with Crippen LogP contribution >= 0.6 is 0 Å². The van der Waals surface area contributed by atoms with Gasteiger partial charge < -0.3 is 14.6 Å². The number of aromatic amines is 1. The summed E-state index contributed by atoms with van der Waals surface area (Å²) in [4.78, 5) is 22.5. The summed E-state index contributed by atoms with van der Waals surface area (Å²) in [6.07, 6.45) is 4.22. The Hall–Kier alpha value is -1.88. The van der Waals surface area contributed by atoms with Gasteiger partial charge in [0.05, 0.1) is 29.8 Å². The summed E-state index contributed by atoms with van der Waals surface area (Å²) in [7, 11) is 0. The lowest BCUT2D eigenvalue weighted by Crippen LogP contribution is -2.58. The first kappa shape index (κ1) is 12.8. The van der Waals surface area contributed by atoms with Crippen LogP contribution in [0.5, 0.6) is 0 Å². The Labute approximate surface area is 123 Å². The SMILES string of the molecule is CC1(C2CC2)COCCN1C(=O)c1ccc2[nH]ccc2n1. The molecule has 2 fully saturated rings. The second-order valence-corrected chi connectivity index (χ2v) is 6.25. The first-order valence-corrected chi connectivity index (χ1v) is 7.52. The van der Waals surface area contributed by atoms with Crippen molar-refractivity contribution in [3.8, 4) is 0 Å². The molecule has 2 aromatic rings. The van der Waals surface area contributed by atoms with E-state index in [1.165, 1.54) is 12.8 Å². The number of H-pyrrole nitrogens is 1. The van der Waals surface area contributed by atoms with Gasteiger partial charge in [-0.2, -0.15) is 0 Å². The molecule has 0 aromatic carbocycles. The third kappa shape index (κ3) is 2.03. The van der Waals surface area contributed by atoms with Crippen LogP contribution in [0.15, 0.2) is 24.4 Å². The van der Waals surface area contributed by atoms with E-state index in [4.69, 9.17) is 4.74 Å². The van der Waals surface area contributed by atoms with E-state index >= 15 is 0 Å². The molecule has 5 nitrogen and oxygen atoms in total. The minimum Gasteiger partial charge on any atom is -0.377 e. The number of amides is 1. The van der Waals surface area contributed by atoms with Crippen LogP contribution in [-0.2, 0) is 4.74 Å². The lowest BCUT2D eigenvalue weighted by Gasteiger charge is -2.45. The molecule has 5 heteroatoms. The maximum absolute atomic E-state index is 12.9. The van der Waals surface area contributed by atoms with E-state index in [1.807, 2.05) is 29.3 Å². The zero-order valence-corrected chi connectivity index (χ0v) is 12.1. The summed E-state index contributed by atoms with van der Waals surface area (Å²) in [5.74, 6) is 0.591. The Bertz CT molecular complexity index is 692. The molecule has 1 saturated heterocycles. The number of aromatic nitrogens is 2. The van der Waals surface area contributed by atoms with Crippen molar-refractivity contribution in [2.75, 3.05) is 19.8 Å². The van der Waals surface area contributed by atoms with Gasteiger partial charge in [0.1, 0.15) is 5.69 Å². The Morgan fingerprint density at radius 2 is 2.29 bits per heavy atom. The molecule has 0 bridgehead atoms. The second-order valence-electron chi connectivity index (χ2n) is 6.25. The number of rotatable bonds is 2. The van der Waals surface area contributed by atoms with Gasteiger partial charge in [-0.25, -0.2) is 4.98 Å². The predicted molar refractivity (Wildman–Crippen MR) is 79.1 cm³/mol. The van der Waals surface area contributed by atoms with E-state index in [2.05, 4.69) is 16.9 Å². The number of pyridine rings is 1. The highest BCUT2D eigenvalue weighted by molar-refractivity contribution is 5.95. The van der Waals surface area contributed by atoms with Crippen LogP contribution in [0.1, 0.15) is 30.3 Å². The summed E-state index contributed by atoms with van der Waals surface area (Å²) in [6, 6.07) is 5.62. The van der Waals surface area contributed by atoms with Crippen LogP contribution in [-0.4, -0.2) is 46.1 Å². The molecule has 1 atom stereocenters. The van der Waals surface area contributed by atoms with Crippen molar-refractivity contribution in [2.24, 2.45) is 5.92 Å². The number of hydrogen-bond acceptors (Lipinski definition) is 3. The van der Waals surface area contributed by atoms with E-state index in [9.17, 15) is 4.79 Å². The Morgan fingerprint density at radius 3 is 3.10 bits per heavy atom. The van der Waals surface area contributed by atoms with E-state index in [0.29, 0.717) is 31.4 Å². The molecule has 1 aliphatic heterocycles. The van der Waals surface area contributed by atoms with Gasteiger partial charge in [-0.3, -0.25) is 4.79 Å². The molecule has 1 amide bonds. The normalized spacial score (nSPS) is 26.2. The number of hydrogen-bond donors (Lipinski definition) is 1. The monoisotopic (exact) mass is 285 g/mol. The van der Waals surface area contributed by atoms with Gasteiger partial charge in [-0.15, -0.1) is 0 Å². The fourth-order valence-corrected chi connectivity index (χ4v) is 3.34. The Morgan fingerprint density at radius 1 is 1.43 bits per heavy atom. The van der Waals surface area contributed by atoms with E-state index in [0.717, 1.165) is 11.0 Å². The van der Waals surface area contributed by atoms with Crippen molar-refractivity contribution < 1.29 is 9.53 Å². The lowest BCUT2D eigenvalue weighted by atomic mass is 9.92. The van der Waals surface area contributed by atoms with Crippen LogP contribution in [0, 0.1) is 5.92 Å². The molecule has 0 spiro atoms. The average molecular weight is 285 g/mol. The molecule has 3 heterocycles. The van der Waals surface area contributed by atoms with Gasteiger partial charge in [0.2, 0.25) is 0 Å². The molecule has 21 heavy (non-hydrogen) atoms. The van der Waals surface area contributed by atoms with Gasteiger partial charge in [0, 0.05) is 12.7 Å². The van der Waals surface area contributed by atoms with E-state index < -0.39 is 0 Å². The molecule has 2 aromatic heterocycles. The van der Waals surface area contributed by atoms with Crippen LogP contribution in [0.3, 0.4) is 0 Å². The minimum atomic E-state index is -0.176. The average Bonchev–Trinajstić information content (AvgIpc) is 3.26. The van der Waals surface area contributed by atoms with Gasteiger partial charge in [-0.1, -0.05) is 0 Å². The first-order chi connectivity index (χ1) is 10.2.